The molecule has 0 bridgehead atoms. The molecule has 1 amide bonds. The van der Waals surface area contributed by atoms with Gasteiger partial charge in [-0.25, -0.2) is 9.97 Å². The number of pyridine rings is 1. The zero-order chi connectivity index (χ0) is 29.4. The Bertz CT molecular complexity index is 1690. The predicted molar refractivity (Wildman–Crippen MR) is 157 cm³/mol. The number of methoxy groups -OCH3 is 1. The number of ether oxygens (including phenoxy) is 1. The number of allylic oxidation sites excluding steroid dienone is 4. The van der Waals surface area contributed by atoms with Crippen molar-refractivity contribution in [3.8, 4) is 11.1 Å². The highest BCUT2D eigenvalue weighted by Gasteiger charge is 2.40. The van der Waals surface area contributed by atoms with Gasteiger partial charge in [0.2, 0.25) is 5.82 Å². The maximum Gasteiger partial charge on any atom is 0.291 e. The molecule has 1 saturated heterocycles. The van der Waals surface area contributed by atoms with Crippen LogP contribution >= 0.6 is 0 Å². The Balaban J connectivity index is 1.39. The molecular weight excluding hydrogens is 534 g/mol. The van der Waals surface area contributed by atoms with E-state index in [-0.39, 0.29) is 41.3 Å². The molecule has 0 saturated carbocycles. The first-order valence-corrected chi connectivity index (χ1v) is 14.0. The Morgan fingerprint density at radius 3 is 2.71 bits per heavy atom. The number of likely N-dealkylation sites (tertiary alicyclic amines) is 1. The monoisotopic (exact) mass is 567 g/mol. The SMILES string of the molecule is COCC1CC(c2nc3c(-c4ccc(C5=CC=CCC5)nc4)cnn3c(N)c2C(C)=O)CC(C)N1C(=O)c1ncn[nH]1. The Labute approximate surface area is 242 Å². The second kappa shape index (κ2) is 11.3. The third kappa shape index (κ3) is 4.87. The number of aromatic nitrogens is 7. The van der Waals surface area contributed by atoms with E-state index < -0.39 is 0 Å². The summed E-state index contributed by atoms with van der Waals surface area (Å²) in [6.07, 6.45) is 14.2. The van der Waals surface area contributed by atoms with Gasteiger partial charge in [-0.1, -0.05) is 24.3 Å². The van der Waals surface area contributed by atoms with Crippen molar-refractivity contribution in [2.75, 3.05) is 19.5 Å². The molecule has 42 heavy (non-hydrogen) atoms. The molecule has 3 N–H and O–H groups in total. The van der Waals surface area contributed by atoms with Crippen LogP contribution in [0.15, 0.2) is 49.1 Å². The second-order valence-electron chi connectivity index (χ2n) is 10.9. The van der Waals surface area contributed by atoms with E-state index in [9.17, 15) is 9.59 Å². The van der Waals surface area contributed by atoms with E-state index in [4.69, 9.17) is 20.4 Å². The molecule has 1 aliphatic carbocycles. The molecule has 0 spiro atoms. The highest BCUT2D eigenvalue weighted by Crippen LogP contribution is 2.39. The summed E-state index contributed by atoms with van der Waals surface area (Å²) in [5.74, 6) is -0.169. The lowest BCUT2D eigenvalue weighted by atomic mass is 9.82. The average molecular weight is 568 g/mol. The van der Waals surface area contributed by atoms with Crippen LogP contribution < -0.4 is 5.73 Å². The normalized spacial score (nSPS) is 20.6. The summed E-state index contributed by atoms with van der Waals surface area (Å²) in [4.78, 5) is 41.9. The van der Waals surface area contributed by atoms with E-state index in [0.717, 1.165) is 29.7 Å². The van der Waals surface area contributed by atoms with Gasteiger partial charge in [0.25, 0.3) is 5.91 Å². The number of nitrogens with two attached hydrogens (primary N) is 1. The molecule has 1 aliphatic heterocycles. The van der Waals surface area contributed by atoms with Crippen molar-refractivity contribution < 1.29 is 14.3 Å². The lowest BCUT2D eigenvalue weighted by Gasteiger charge is -2.43. The fraction of sp³-hybridized carbons (Fsp3) is 0.367. The van der Waals surface area contributed by atoms with E-state index in [0.29, 0.717) is 36.4 Å². The minimum absolute atomic E-state index is 0.153. The molecule has 12 heteroatoms. The van der Waals surface area contributed by atoms with Gasteiger partial charge in [-0.2, -0.15) is 14.7 Å². The van der Waals surface area contributed by atoms with E-state index in [1.54, 1.807) is 18.2 Å². The fourth-order valence-corrected chi connectivity index (χ4v) is 6.24. The molecule has 12 nitrogen and oxygen atoms in total. The smallest absolute Gasteiger partial charge is 0.291 e. The van der Waals surface area contributed by atoms with E-state index in [2.05, 4.69) is 38.5 Å². The van der Waals surface area contributed by atoms with Crippen molar-refractivity contribution >= 4 is 28.7 Å². The van der Waals surface area contributed by atoms with Gasteiger partial charge in [0.05, 0.1) is 35.8 Å². The number of anilines is 1. The van der Waals surface area contributed by atoms with Crippen LogP contribution in [-0.2, 0) is 4.74 Å². The predicted octanol–water partition coefficient (Wildman–Crippen LogP) is 3.85. The van der Waals surface area contributed by atoms with Crippen LogP contribution in [0, 0.1) is 0 Å². The maximum absolute atomic E-state index is 13.3. The molecule has 0 radical (unpaired) electrons. The van der Waals surface area contributed by atoms with E-state index in [1.165, 1.54) is 23.3 Å². The largest absolute Gasteiger partial charge is 0.383 e. The van der Waals surface area contributed by atoms with Crippen molar-refractivity contribution in [2.24, 2.45) is 0 Å². The molecule has 1 fully saturated rings. The maximum atomic E-state index is 13.3. The third-order valence-corrected chi connectivity index (χ3v) is 8.13. The fourth-order valence-electron chi connectivity index (χ4n) is 6.24. The van der Waals surface area contributed by atoms with Crippen LogP contribution in [0.5, 0.6) is 0 Å². The van der Waals surface area contributed by atoms with E-state index >= 15 is 0 Å². The van der Waals surface area contributed by atoms with Gasteiger partial charge in [-0.15, -0.1) is 0 Å². The summed E-state index contributed by atoms with van der Waals surface area (Å²) < 4.78 is 7.04. The number of nitrogens with one attached hydrogen (secondary N) is 1. The summed E-state index contributed by atoms with van der Waals surface area (Å²) in [6, 6.07) is 3.56. The third-order valence-electron chi connectivity index (χ3n) is 8.13. The van der Waals surface area contributed by atoms with Crippen LogP contribution in [0.1, 0.15) is 77.8 Å². The number of fused-ring (bicyclic) bond motifs is 1. The van der Waals surface area contributed by atoms with Crippen molar-refractivity contribution in [2.45, 2.75) is 57.5 Å². The molecule has 4 aromatic rings. The first kappa shape index (κ1) is 27.5. The minimum atomic E-state index is -0.273. The van der Waals surface area contributed by atoms with Crippen LogP contribution in [-0.4, -0.2) is 77.2 Å². The van der Waals surface area contributed by atoms with Gasteiger partial charge >= 0.3 is 0 Å². The zero-order valence-electron chi connectivity index (χ0n) is 23.8. The van der Waals surface area contributed by atoms with Crippen molar-refractivity contribution in [3.05, 3.63) is 71.9 Å². The van der Waals surface area contributed by atoms with Crippen molar-refractivity contribution in [1.29, 1.82) is 0 Å². The average Bonchev–Trinajstić information content (AvgIpc) is 3.68. The van der Waals surface area contributed by atoms with Crippen LogP contribution in [0.3, 0.4) is 0 Å². The number of nitrogens with zero attached hydrogens (tertiary/aromatic N) is 7. The quantitative estimate of drug-likeness (QED) is 0.317. The molecule has 2 aliphatic rings. The number of aromatic amines is 1. The van der Waals surface area contributed by atoms with Gasteiger partial charge in [-0.3, -0.25) is 19.7 Å². The number of piperidine rings is 1. The number of carbonyl (C=O) groups is 2. The van der Waals surface area contributed by atoms with E-state index in [1.807, 2.05) is 25.3 Å². The van der Waals surface area contributed by atoms with Crippen LogP contribution in [0.4, 0.5) is 5.82 Å². The molecule has 3 unspecified atom stereocenters. The standard InChI is InChI=1S/C30H33N9O3/c1-17-11-21(12-22(15-42-3)38(17)30(41)28-33-16-34-37-28)26-25(18(2)40)27(31)39-29(36-26)23(14-35-39)20-9-10-24(32-13-20)19-7-5-4-6-8-19/h4-5,7,9-10,13-14,16-17,21-22H,6,8,11-12,15,31H2,1-3H3,(H,33,34,37). The summed E-state index contributed by atoms with van der Waals surface area (Å²) in [6.45, 7) is 3.78. The first-order valence-electron chi connectivity index (χ1n) is 14.0. The van der Waals surface area contributed by atoms with Gasteiger partial charge in [-0.05, 0) is 51.2 Å². The molecule has 216 valence electrons. The molecule has 6 rings (SSSR count). The lowest BCUT2D eigenvalue weighted by Crippen LogP contribution is -2.53. The van der Waals surface area contributed by atoms with Gasteiger partial charge in [0.1, 0.15) is 12.1 Å². The topological polar surface area (TPSA) is 157 Å². The minimum Gasteiger partial charge on any atom is -0.383 e. The van der Waals surface area contributed by atoms with Gasteiger partial charge < -0.3 is 15.4 Å². The first-order chi connectivity index (χ1) is 20.4. The molecule has 4 aromatic heterocycles. The number of Topliss-reactive ketones (excluding diaryl/α,β-unsaturated/α-hetero) is 1. The summed E-state index contributed by atoms with van der Waals surface area (Å²) in [5.41, 5.74) is 11.9. The number of hydrogen-bond donors (Lipinski definition) is 2. The summed E-state index contributed by atoms with van der Waals surface area (Å²) in [7, 11) is 1.61. The summed E-state index contributed by atoms with van der Waals surface area (Å²) in [5, 5.41) is 11.0. The molecule has 5 heterocycles. The number of ketones is 1. The highest BCUT2D eigenvalue weighted by molar-refractivity contribution is 6.00. The Morgan fingerprint density at radius 2 is 2.05 bits per heavy atom. The highest BCUT2D eigenvalue weighted by atomic mass is 16.5. The Hall–Kier alpha value is -4.71. The van der Waals surface area contributed by atoms with Crippen LogP contribution in [0.2, 0.25) is 0 Å². The number of nitrogen functional groups attached to an aromatic ring is 1. The Morgan fingerprint density at radius 1 is 1.19 bits per heavy atom. The number of rotatable bonds is 7. The number of amides is 1. The van der Waals surface area contributed by atoms with Crippen molar-refractivity contribution in [1.82, 2.24) is 39.7 Å². The van der Waals surface area contributed by atoms with Gasteiger partial charge in [0.15, 0.2) is 11.4 Å². The van der Waals surface area contributed by atoms with Crippen LogP contribution in [0.25, 0.3) is 22.3 Å². The Kier molecular flexibility index (Phi) is 7.38. The number of carbonyl (C=O) groups excluding carboxylic acids is 2. The molecular formula is C30H33N9O3. The summed E-state index contributed by atoms with van der Waals surface area (Å²) >= 11 is 0. The molecule has 3 atom stereocenters. The number of H-pyrrole nitrogens is 1. The zero-order valence-corrected chi connectivity index (χ0v) is 23.8. The second-order valence-corrected chi connectivity index (χ2v) is 10.9. The van der Waals surface area contributed by atoms with Crippen molar-refractivity contribution in [3.63, 3.8) is 0 Å². The molecule has 0 aromatic carbocycles. The lowest BCUT2D eigenvalue weighted by molar-refractivity contribution is 0.0205. The van der Waals surface area contributed by atoms with Gasteiger partial charge in [0, 0.05) is 36.4 Å². The number of hydrogen-bond acceptors (Lipinski definition) is 9.